The number of nitrogens with zero attached hydrogens (tertiary/aromatic N) is 3. The quantitative estimate of drug-likeness (QED) is 0.875. The highest BCUT2D eigenvalue weighted by Gasteiger charge is 2.22. The van der Waals surface area contributed by atoms with Crippen LogP contribution in [0.4, 0.5) is 4.39 Å². The van der Waals surface area contributed by atoms with Crippen LogP contribution in [0.25, 0.3) is 11.3 Å². The SMILES string of the molecule is CC(=O)N1CCCC(Cc2ccc(-c3ccc(F)cc3)nn2)C1. The van der Waals surface area contributed by atoms with Gasteiger partial charge in [-0.05, 0) is 61.6 Å². The number of hydrogen-bond donors (Lipinski definition) is 0. The topological polar surface area (TPSA) is 46.1 Å². The second-order valence-corrected chi connectivity index (χ2v) is 6.09. The lowest BCUT2D eigenvalue weighted by Crippen LogP contribution is -2.39. The maximum atomic E-state index is 13.0. The van der Waals surface area contributed by atoms with Crippen LogP contribution in [0.3, 0.4) is 0 Å². The Morgan fingerprint density at radius 1 is 1.22 bits per heavy atom. The molecular formula is C18H20FN3O. The van der Waals surface area contributed by atoms with Gasteiger partial charge in [0, 0.05) is 25.6 Å². The first-order valence-corrected chi connectivity index (χ1v) is 7.96. The molecule has 1 amide bonds. The number of rotatable bonds is 3. The van der Waals surface area contributed by atoms with Crippen LogP contribution in [0.1, 0.15) is 25.5 Å². The van der Waals surface area contributed by atoms with Gasteiger partial charge < -0.3 is 4.90 Å². The second-order valence-electron chi connectivity index (χ2n) is 6.09. The van der Waals surface area contributed by atoms with Crippen LogP contribution >= 0.6 is 0 Å². The molecule has 5 heteroatoms. The lowest BCUT2D eigenvalue weighted by molar-refractivity contribution is -0.130. The number of piperidine rings is 1. The molecule has 1 aliphatic heterocycles. The molecule has 120 valence electrons. The summed E-state index contributed by atoms with van der Waals surface area (Å²) >= 11 is 0. The maximum Gasteiger partial charge on any atom is 0.219 e. The molecule has 0 bridgehead atoms. The van der Waals surface area contributed by atoms with Crippen molar-refractivity contribution < 1.29 is 9.18 Å². The molecule has 1 atom stereocenters. The highest BCUT2D eigenvalue weighted by atomic mass is 19.1. The fraction of sp³-hybridized carbons (Fsp3) is 0.389. The van der Waals surface area contributed by atoms with E-state index >= 15 is 0 Å². The number of amides is 1. The molecule has 0 saturated carbocycles. The molecule has 1 unspecified atom stereocenters. The Labute approximate surface area is 135 Å². The van der Waals surface area contributed by atoms with E-state index in [4.69, 9.17) is 0 Å². The van der Waals surface area contributed by atoms with E-state index in [2.05, 4.69) is 10.2 Å². The lowest BCUT2D eigenvalue weighted by Gasteiger charge is -2.31. The zero-order chi connectivity index (χ0) is 16.2. The van der Waals surface area contributed by atoms with Crippen molar-refractivity contribution >= 4 is 5.91 Å². The zero-order valence-corrected chi connectivity index (χ0v) is 13.2. The summed E-state index contributed by atoms with van der Waals surface area (Å²) in [5, 5.41) is 8.54. The molecule has 1 saturated heterocycles. The molecule has 23 heavy (non-hydrogen) atoms. The van der Waals surface area contributed by atoms with Crippen molar-refractivity contribution in [2.45, 2.75) is 26.2 Å². The van der Waals surface area contributed by atoms with Crippen molar-refractivity contribution in [1.82, 2.24) is 15.1 Å². The largest absolute Gasteiger partial charge is 0.343 e. The number of carbonyl (C=O) groups is 1. The van der Waals surface area contributed by atoms with Crippen molar-refractivity contribution in [3.05, 3.63) is 47.9 Å². The third kappa shape index (κ3) is 3.92. The fourth-order valence-corrected chi connectivity index (χ4v) is 3.06. The van der Waals surface area contributed by atoms with Crippen LogP contribution in [0.5, 0.6) is 0 Å². The first kappa shape index (κ1) is 15.6. The summed E-state index contributed by atoms with van der Waals surface area (Å²) in [4.78, 5) is 13.4. The summed E-state index contributed by atoms with van der Waals surface area (Å²) in [6.45, 7) is 3.29. The number of carbonyl (C=O) groups excluding carboxylic acids is 1. The molecule has 1 aromatic carbocycles. The van der Waals surface area contributed by atoms with Gasteiger partial charge in [-0.1, -0.05) is 0 Å². The molecule has 1 aliphatic rings. The van der Waals surface area contributed by atoms with Gasteiger partial charge in [0.1, 0.15) is 5.82 Å². The van der Waals surface area contributed by atoms with Gasteiger partial charge in [-0.15, -0.1) is 0 Å². The Morgan fingerprint density at radius 2 is 2.00 bits per heavy atom. The monoisotopic (exact) mass is 313 g/mol. The summed E-state index contributed by atoms with van der Waals surface area (Å²) < 4.78 is 13.0. The van der Waals surface area contributed by atoms with E-state index in [0.29, 0.717) is 5.92 Å². The number of halogens is 1. The van der Waals surface area contributed by atoms with Gasteiger partial charge in [0.2, 0.25) is 5.91 Å². The predicted molar refractivity (Wildman–Crippen MR) is 86.1 cm³/mol. The van der Waals surface area contributed by atoms with Gasteiger partial charge in [-0.2, -0.15) is 10.2 Å². The average molecular weight is 313 g/mol. The van der Waals surface area contributed by atoms with E-state index in [0.717, 1.165) is 49.3 Å². The molecule has 2 aromatic rings. The summed E-state index contributed by atoms with van der Waals surface area (Å²) in [5.74, 6) is 0.330. The summed E-state index contributed by atoms with van der Waals surface area (Å²) in [5.41, 5.74) is 2.53. The van der Waals surface area contributed by atoms with Crippen molar-refractivity contribution in [1.29, 1.82) is 0 Å². The molecule has 2 heterocycles. The van der Waals surface area contributed by atoms with Crippen LogP contribution in [0.15, 0.2) is 36.4 Å². The van der Waals surface area contributed by atoms with Crippen molar-refractivity contribution in [2.75, 3.05) is 13.1 Å². The molecule has 0 aliphatic carbocycles. The van der Waals surface area contributed by atoms with Crippen molar-refractivity contribution in [3.63, 3.8) is 0 Å². The van der Waals surface area contributed by atoms with Gasteiger partial charge >= 0.3 is 0 Å². The Hall–Kier alpha value is -2.30. The van der Waals surface area contributed by atoms with E-state index in [9.17, 15) is 9.18 Å². The van der Waals surface area contributed by atoms with Crippen LogP contribution in [0, 0.1) is 11.7 Å². The summed E-state index contributed by atoms with van der Waals surface area (Å²) in [7, 11) is 0. The summed E-state index contributed by atoms with van der Waals surface area (Å²) in [6.07, 6.45) is 3.00. The molecule has 0 N–H and O–H groups in total. The summed E-state index contributed by atoms with van der Waals surface area (Å²) in [6, 6.07) is 10.1. The second kappa shape index (κ2) is 6.86. The average Bonchev–Trinajstić information content (AvgIpc) is 2.57. The maximum absolute atomic E-state index is 13.0. The standard InChI is InChI=1S/C18H20FN3O/c1-13(23)22-10-2-3-14(12-22)11-17-8-9-18(21-20-17)15-4-6-16(19)7-5-15/h4-9,14H,2-3,10-12H2,1H3. The Balaban J connectivity index is 1.65. The Kier molecular flexibility index (Phi) is 4.65. The normalized spacial score (nSPS) is 18.0. The molecular weight excluding hydrogens is 293 g/mol. The first-order valence-electron chi connectivity index (χ1n) is 7.96. The van der Waals surface area contributed by atoms with Crippen molar-refractivity contribution in [3.8, 4) is 11.3 Å². The van der Waals surface area contributed by atoms with Crippen LogP contribution in [-0.4, -0.2) is 34.1 Å². The predicted octanol–water partition coefficient (Wildman–Crippen LogP) is 3.08. The zero-order valence-electron chi connectivity index (χ0n) is 13.2. The van der Waals surface area contributed by atoms with Crippen LogP contribution < -0.4 is 0 Å². The molecule has 1 fully saturated rings. The van der Waals surface area contributed by atoms with Gasteiger partial charge in [0.25, 0.3) is 0 Å². The number of benzene rings is 1. The smallest absolute Gasteiger partial charge is 0.219 e. The van der Waals surface area contributed by atoms with Gasteiger partial charge in [-0.3, -0.25) is 4.79 Å². The number of likely N-dealkylation sites (tertiary alicyclic amines) is 1. The van der Waals surface area contributed by atoms with E-state index in [1.54, 1.807) is 19.1 Å². The van der Waals surface area contributed by atoms with Gasteiger partial charge in [0.15, 0.2) is 0 Å². The first-order chi connectivity index (χ1) is 11.1. The third-order valence-corrected chi connectivity index (χ3v) is 4.32. The van der Waals surface area contributed by atoms with Gasteiger partial charge in [-0.25, -0.2) is 4.39 Å². The number of aromatic nitrogens is 2. The van der Waals surface area contributed by atoms with E-state index in [-0.39, 0.29) is 11.7 Å². The molecule has 1 aromatic heterocycles. The molecule has 0 radical (unpaired) electrons. The highest BCUT2D eigenvalue weighted by molar-refractivity contribution is 5.73. The van der Waals surface area contributed by atoms with Crippen LogP contribution in [0.2, 0.25) is 0 Å². The minimum Gasteiger partial charge on any atom is -0.343 e. The third-order valence-electron chi connectivity index (χ3n) is 4.32. The van der Waals surface area contributed by atoms with Gasteiger partial charge in [0.05, 0.1) is 11.4 Å². The Bertz CT molecular complexity index is 670. The highest BCUT2D eigenvalue weighted by Crippen LogP contribution is 2.21. The number of hydrogen-bond acceptors (Lipinski definition) is 3. The molecule has 0 spiro atoms. The van der Waals surface area contributed by atoms with Crippen LogP contribution in [-0.2, 0) is 11.2 Å². The Morgan fingerprint density at radius 3 is 2.65 bits per heavy atom. The fourth-order valence-electron chi connectivity index (χ4n) is 3.06. The van der Waals surface area contributed by atoms with E-state index < -0.39 is 0 Å². The lowest BCUT2D eigenvalue weighted by atomic mass is 9.93. The minimum absolute atomic E-state index is 0.146. The minimum atomic E-state index is -0.259. The van der Waals surface area contributed by atoms with E-state index in [1.165, 1.54) is 12.1 Å². The molecule has 4 nitrogen and oxygen atoms in total. The van der Waals surface area contributed by atoms with E-state index in [1.807, 2.05) is 17.0 Å². The molecule has 3 rings (SSSR count). The van der Waals surface area contributed by atoms with Crippen molar-refractivity contribution in [2.24, 2.45) is 5.92 Å².